The number of nitrogens with zero attached hydrogens (tertiary/aromatic N) is 2. The van der Waals surface area contributed by atoms with E-state index < -0.39 is 0 Å². The normalized spacial score (nSPS) is 13.9. The first-order chi connectivity index (χ1) is 10.2. The van der Waals surface area contributed by atoms with Gasteiger partial charge in [0.15, 0.2) is 11.5 Å². The number of aliphatic imine (C=N–C) groups is 1. The average Bonchev–Trinajstić information content (AvgIpc) is 2.64. The molecule has 0 saturated carbocycles. The van der Waals surface area contributed by atoms with Crippen LogP contribution in [0.1, 0.15) is 37.0 Å². The molecule has 114 valence electrons. The van der Waals surface area contributed by atoms with Crippen LogP contribution in [0.15, 0.2) is 17.1 Å². The second-order valence-corrected chi connectivity index (χ2v) is 4.87. The molecule has 0 atom stereocenters. The summed E-state index contributed by atoms with van der Waals surface area (Å²) in [5.41, 5.74) is 1.21. The fourth-order valence-electron chi connectivity index (χ4n) is 2.29. The lowest BCUT2D eigenvalue weighted by atomic mass is 10.1. The lowest BCUT2D eigenvalue weighted by Crippen LogP contribution is -2.32. The highest BCUT2D eigenvalue weighted by Gasteiger charge is 2.23. The Bertz CT molecular complexity index is 541. The molecule has 0 bridgehead atoms. The molecular formula is C16H22N2O3. The van der Waals surface area contributed by atoms with Gasteiger partial charge in [-0.15, -0.1) is 0 Å². The molecule has 0 aromatic heterocycles. The molecule has 0 N–H and O–H groups in total. The molecule has 0 aliphatic carbocycles. The van der Waals surface area contributed by atoms with Crippen molar-refractivity contribution in [3.05, 3.63) is 17.7 Å². The second kappa shape index (κ2) is 7.11. The van der Waals surface area contributed by atoms with Crippen LogP contribution in [0.5, 0.6) is 11.5 Å². The largest absolute Gasteiger partial charge is 0.493 e. The number of fused-ring (bicyclic) bond motifs is 1. The van der Waals surface area contributed by atoms with Crippen LogP contribution in [-0.4, -0.2) is 43.8 Å². The fourth-order valence-corrected chi connectivity index (χ4v) is 2.29. The molecule has 0 radical (unpaired) electrons. The molecule has 5 nitrogen and oxygen atoms in total. The van der Waals surface area contributed by atoms with Crippen molar-refractivity contribution < 1.29 is 14.3 Å². The molecule has 1 heterocycles. The van der Waals surface area contributed by atoms with Gasteiger partial charge < -0.3 is 14.4 Å². The van der Waals surface area contributed by atoms with E-state index in [0.717, 1.165) is 19.4 Å². The van der Waals surface area contributed by atoms with Crippen LogP contribution in [0.2, 0.25) is 0 Å². The molecule has 5 heteroatoms. The number of methoxy groups -OCH3 is 1. The van der Waals surface area contributed by atoms with Gasteiger partial charge in [0, 0.05) is 18.8 Å². The van der Waals surface area contributed by atoms with E-state index in [1.165, 1.54) is 0 Å². The molecule has 0 unspecified atom stereocenters. The van der Waals surface area contributed by atoms with Gasteiger partial charge in [0.2, 0.25) is 0 Å². The third kappa shape index (κ3) is 3.35. The summed E-state index contributed by atoms with van der Waals surface area (Å²) in [7, 11) is 1.57. The number of unbranched alkanes of at least 4 members (excludes halogenated alkanes) is 1. The van der Waals surface area contributed by atoms with Crippen LogP contribution in [0.3, 0.4) is 0 Å². The van der Waals surface area contributed by atoms with E-state index in [1.54, 1.807) is 25.5 Å². The van der Waals surface area contributed by atoms with Crippen LogP contribution in [0, 0.1) is 0 Å². The minimum atomic E-state index is -0.00250. The SMILES string of the molecule is CCCCN1CC=Nc2cc(OCC)c(OC)cc2C1=O. The van der Waals surface area contributed by atoms with Crippen LogP contribution in [-0.2, 0) is 0 Å². The molecule has 1 aromatic rings. The average molecular weight is 290 g/mol. The topological polar surface area (TPSA) is 51.1 Å². The number of ether oxygens (including phenoxy) is 2. The summed E-state index contributed by atoms with van der Waals surface area (Å²) < 4.78 is 10.9. The highest BCUT2D eigenvalue weighted by atomic mass is 16.5. The van der Waals surface area contributed by atoms with E-state index in [4.69, 9.17) is 9.47 Å². The maximum Gasteiger partial charge on any atom is 0.256 e. The van der Waals surface area contributed by atoms with Crippen molar-refractivity contribution in [3.63, 3.8) is 0 Å². The van der Waals surface area contributed by atoms with Gasteiger partial charge in [-0.1, -0.05) is 13.3 Å². The van der Waals surface area contributed by atoms with Crippen LogP contribution >= 0.6 is 0 Å². The third-order valence-corrected chi connectivity index (χ3v) is 3.41. The van der Waals surface area contributed by atoms with Gasteiger partial charge in [0.25, 0.3) is 5.91 Å². The highest BCUT2D eigenvalue weighted by molar-refractivity contribution is 6.02. The first-order valence-electron chi connectivity index (χ1n) is 7.37. The summed E-state index contributed by atoms with van der Waals surface area (Å²) in [5, 5.41) is 0. The van der Waals surface area contributed by atoms with Gasteiger partial charge in [-0.3, -0.25) is 9.79 Å². The Morgan fingerprint density at radius 2 is 2.10 bits per heavy atom. The Kier molecular flexibility index (Phi) is 5.20. The van der Waals surface area contributed by atoms with Crippen LogP contribution in [0.4, 0.5) is 5.69 Å². The Hall–Kier alpha value is -2.04. The molecular weight excluding hydrogens is 268 g/mol. The Morgan fingerprint density at radius 1 is 1.29 bits per heavy atom. The highest BCUT2D eigenvalue weighted by Crippen LogP contribution is 2.36. The molecule has 21 heavy (non-hydrogen) atoms. The van der Waals surface area contributed by atoms with E-state index in [0.29, 0.717) is 35.9 Å². The van der Waals surface area contributed by atoms with Crippen molar-refractivity contribution in [1.29, 1.82) is 0 Å². The summed E-state index contributed by atoms with van der Waals surface area (Å²) in [4.78, 5) is 18.8. The summed E-state index contributed by atoms with van der Waals surface area (Å²) in [6.45, 7) is 5.85. The smallest absolute Gasteiger partial charge is 0.256 e. The molecule has 0 saturated heterocycles. The van der Waals surface area contributed by atoms with E-state index >= 15 is 0 Å². The fraction of sp³-hybridized carbons (Fsp3) is 0.500. The lowest BCUT2D eigenvalue weighted by Gasteiger charge is -2.20. The zero-order valence-corrected chi connectivity index (χ0v) is 12.9. The van der Waals surface area contributed by atoms with Gasteiger partial charge in [0.05, 0.1) is 31.5 Å². The number of hydrogen-bond acceptors (Lipinski definition) is 4. The van der Waals surface area contributed by atoms with Crippen molar-refractivity contribution in [2.75, 3.05) is 26.8 Å². The predicted molar refractivity (Wildman–Crippen MR) is 83.1 cm³/mol. The van der Waals surface area contributed by atoms with Crippen molar-refractivity contribution in [1.82, 2.24) is 4.90 Å². The zero-order chi connectivity index (χ0) is 15.2. The van der Waals surface area contributed by atoms with Crippen molar-refractivity contribution in [2.45, 2.75) is 26.7 Å². The first-order valence-corrected chi connectivity index (χ1v) is 7.37. The minimum Gasteiger partial charge on any atom is -0.493 e. The van der Waals surface area contributed by atoms with E-state index in [2.05, 4.69) is 11.9 Å². The number of carbonyl (C=O) groups excluding carboxylic acids is 1. The van der Waals surface area contributed by atoms with Crippen molar-refractivity contribution >= 4 is 17.8 Å². The maximum atomic E-state index is 12.6. The van der Waals surface area contributed by atoms with E-state index in [9.17, 15) is 4.79 Å². The van der Waals surface area contributed by atoms with Crippen LogP contribution in [0.25, 0.3) is 0 Å². The predicted octanol–water partition coefficient (Wildman–Crippen LogP) is 3.05. The third-order valence-electron chi connectivity index (χ3n) is 3.41. The quantitative estimate of drug-likeness (QED) is 0.809. The maximum absolute atomic E-state index is 12.6. The zero-order valence-electron chi connectivity index (χ0n) is 12.9. The Morgan fingerprint density at radius 3 is 2.76 bits per heavy atom. The number of benzene rings is 1. The minimum absolute atomic E-state index is 0.00250. The molecule has 1 amide bonds. The molecule has 0 fully saturated rings. The standard InChI is InChI=1S/C16H22N2O3/c1-4-6-8-18-9-7-17-13-11-15(21-5-2)14(20-3)10-12(13)16(18)19/h7,10-11H,4-6,8-9H2,1-3H3. The van der Waals surface area contributed by atoms with Gasteiger partial charge in [-0.2, -0.15) is 0 Å². The van der Waals surface area contributed by atoms with Crippen LogP contribution < -0.4 is 9.47 Å². The summed E-state index contributed by atoms with van der Waals surface area (Å²) >= 11 is 0. The Labute approximate surface area is 125 Å². The number of amides is 1. The lowest BCUT2D eigenvalue weighted by molar-refractivity contribution is 0.0781. The van der Waals surface area contributed by atoms with Gasteiger partial charge in [0.1, 0.15) is 0 Å². The second-order valence-electron chi connectivity index (χ2n) is 4.87. The van der Waals surface area contributed by atoms with Gasteiger partial charge in [-0.25, -0.2) is 0 Å². The molecule has 1 aromatic carbocycles. The summed E-state index contributed by atoms with van der Waals surface area (Å²) in [6, 6.07) is 3.50. The molecule has 0 spiro atoms. The summed E-state index contributed by atoms with van der Waals surface area (Å²) in [6.07, 6.45) is 3.82. The molecule has 2 rings (SSSR count). The van der Waals surface area contributed by atoms with Gasteiger partial charge in [-0.05, 0) is 19.4 Å². The van der Waals surface area contributed by atoms with E-state index in [-0.39, 0.29) is 5.91 Å². The van der Waals surface area contributed by atoms with Crippen molar-refractivity contribution in [3.8, 4) is 11.5 Å². The first kappa shape index (κ1) is 15.4. The summed E-state index contributed by atoms with van der Waals surface area (Å²) in [5.74, 6) is 1.18. The van der Waals surface area contributed by atoms with Gasteiger partial charge >= 0.3 is 0 Å². The molecule has 1 aliphatic heterocycles. The molecule has 1 aliphatic rings. The van der Waals surface area contributed by atoms with Crippen molar-refractivity contribution in [2.24, 2.45) is 4.99 Å². The number of hydrogen-bond donors (Lipinski definition) is 0. The monoisotopic (exact) mass is 290 g/mol. The van der Waals surface area contributed by atoms with E-state index in [1.807, 2.05) is 11.8 Å². The Balaban J connectivity index is 2.37. The number of rotatable bonds is 6. The number of carbonyl (C=O) groups is 1.